The summed E-state index contributed by atoms with van der Waals surface area (Å²) in [5, 5.41) is 6.95. The van der Waals surface area contributed by atoms with E-state index in [2.05, 4.69) is 20.0 Å². The third-order valence-electron chi connectivity index (χ3n) is 4.06. The van der Waals surface area contributed by atoms with Crippen LogP contribution in [-0.4, -0.2) is 36.8 Å². The van der Waals surface area contributed by atoms with E-state index in [1.165, 1.54) is 6.33 Å². The highest BCUT2D eigenvalue weighted by atomic mass is 16.1. The topological polar surface area (TPSA) is 77.6 Å². The Hall–Kier alpha value is -2.70. The average Bonchev–Trinajstić information content (AvgIpc) is 3.15. The zero-order valence-corrected chi connectivity index (χ0v) is 12.7. The molecule has 0 spiro atoms. The summed E-state index contributed by atoms with van der Waals surface area (Å²) in [6.45, 7) is 1.46. The Morgan fingerprint density at radius 3 is 2.96 bits per heavy atom. The molecule has 118 valence electrons. The second-order valence-corrected chi connectivity index (χ2v) is 5.83. The summed E-state index contributed by atoms with van der Waals surface area (Å²) in [4.78, 5) is 20.9. The molecule has 0 aliphatic heterocycles. The van der Waals surface area contributed by atoms with Crippen LogP contribution in [0.2, 0.25) is 0 Å². The van der Waals surface area contributed by atoms with Crippen molar-refractivity contribution in [2.24, 2.45) is 0 Å². The summed E-state index contributed by atoms with van der Waals surface area (Å²) in [6.07, 6.45) is 5.45. The van der Waals surface area contributed by atoms with Crippen molar-refractivity contribution in [1.82, 2.24) is 29.6 Å². The van der Waals surface area contributed by atoms with Gasteiger partial charge >= 0.3 is 0 Å². The Kier molecular flexibility index (Phi) is 3.53. The van der Waals surface area contributed by atoms with Gasteiger partial charge in [0.25, 0.3) is 0 Å². The van der Waals surface area contributed by atoms with Crippen molar-refractivity contribution in [1.29, 1.82) is 0 Å². The maximum Gasteiger partial charge on any atom is 0.240 e. The second kappa shape index (κ2) is 5.83. The van der Waals surface area contributed by atoms with Gasteiger partial charge in [0.05, 0.1) is 17.6 Å². The largest absolute Gasteiger partial charge is 0.353 e. The molecule has 0 atom stereocenters. The molecule has 7 nitrogen and oxygen atoms in total. The van der Waals surface area contributed by atoms with E-state index < -0.39 is 0 Å². The highest BCUT2D eigenvalue weighted by Gasteiger charge is 2.30. The van der Waals surface area contributed by atoms with Gasteiger partial charge in [0, 0.05) is 12.5 Å². The van der Waals surface area contributed by atoms with Gasteiger partial charge in [-0.3, -0.25) is 9.48 Å². The molecule has 1 N–H and O–H groups in total. The Labute approximate surface area is 133 Å². The lowest BCUT2D eigenvalue weighted by Gasteiger charge is -2.09. The van der Waals surface area contributed by atoms with Crippen LogP contribution in [-0.2, 0) is 17.9 Å². The molecule has 1 aliphatic carbocycles. The number of benzene rings is 1. The summed E-state index contributed by atoms with van der Waals surface area (Å²) in [5.74, 6) is 1.54. The van der Waals surface area contributed by atoms with Crippen LogP contribution in [0.1, 0.15) is 24.6 Å². The second-order valence-electron chi connectivity index (χ2n) is 5.83. The van der Waals surface area contributed by atoms with Crippen LogP contribution in [0.25, 0.3) is 11.0 Å². The minimum absolute atomic E-state index is 0.00447. The number of rotatable bonds is 6. The Morgan fingerprint density at radius 2 is 2.17 bits per heavy atom. The normalized spacial score (nSPS) is 14.3. The zero-order valence-electron chi connectivity index (χ0n) is 12.7. The quantitative estimate of drug-likeness (QED) is 0.745. The number of para-hydroxylation sites is 2. The molecule has 2 aromatic heterocycles. The first-order chi connectivity index (χ1) is 11.3. The fourth-order valence-electron chi connectivity index (χ4n) is 2.77. The van der Waals surface area contributed by atoms with Gasteiger partial charge in [-0.1, -0.05) is 12.1 Å². The molecular formula is C16H18N6O. The predicted molar refractivity (Wildman–Crippen MR) is 84.7 cm³/mol. The van der Waals surface area contributed by atoms with Crippen molar-refractivity contribution in [2.45, 2.75) is 31.8 Å². The number of carbonyl (C=O) groups excluding carboxylic acids is 1. The number of carbonyl (C=O) groups is 1. The minimum atomic E-state index is -0.00447. The van der Waals surface area contributed by atoms with Gasteiger partial charge in [-0.25, -0.2) is 9.97 Å². The number of fused-ring (bicyclic) bond motifs is 1. The van der Waals surface area contributed by atoms with Crippen molar-refractivity contribution in [3.8, 4) is 0 Å². The first-order valence-electron chi connectivity index (χ1n) is 7.85. The molecule has 0 bridgehead atoms. The molecule has 1 fully saturated rings. The van der Waals surface area contributed by atoms with Gasteiger partial charge in [0.15, 0.2) is 0 Å². The van der Waals surface area contributed by atoms with Crippen LogP contribution >= 0.6 is 0 Å². The summed E-state index contributed by atoms with van der Waals surface area (Å²) in [6, 6.07) is 7.99. The summed E-state index contributed by atoms with van der Waals surface area (Å²) >= 11 is 0. The van der Waals surface area contributed by atoms with E-state index in [-0.39, 0.29) is 5.91 Å². The van der Waals surface area contributed by atoms with Gasteiger partial charge in [-0.15, -0.1) is 0 Å². The number of hydrogen-bond acceptors (Lipinski definition) is 4. The van der Waals surface area contributed by atoms with E-state index in [0.29, 0.717) is 25.6 Å². The van der Waals surface area contributed by atoms with Crippen LogP contribution in [0.5, 0.6) is 0 Å². The van der Waals surface area contributed by atoms with E-state index in [9.17, 15) is 4.79 Å². The van der Waals surface area contributed by atoms with Gasteiger partial charge in [-0.2, -0.15) is 5.10 Å². The van der Waals surface area contributed by atoms with Gasteiger partial charge in [-0.05, 0) is 25.0 Å². The number of nitrogens with one attached hydrogen (secondary N) is 1. The molecule has 2 heterocycles. The van der Waals surface area contributed by atoms with E-state index in [4.69, 9.17) is 4.98 Å². The highest BCUT2D eigenvalue weighted by molar-refractivity contribution is 5.81. The molecule has 1 amide bonds. The molecule has 1 aliphatic rings. The molecule has 0 saturated heterocycles. The maximum absolute atomic E-state index is 12.3. The van der Waals surface area contributed by atoms with E-state index in [0.717, 1.165) is 29.7 Å². The Balaban J connectivity index is 1.46. The SMILES string of the molecule is O=C(Cn1c(C2CC2)nc2ccccc21)NCCn1cncn1. The summed E-state index contributed by atoms with van der Waals surface area (Å²) < 4.78 is 3.75. The number of nitrogens with zero attached hydrogens (tertiary/aromatic N) is 5. The standard InChI is InChI=1S/C16H18N6O/c23-15(18-7-8-21-11-17-10-19-21)9-22-14-4-2-1-3-13(14)20-16(22)12-5-6-12/h1-4,10-12H,5-9H2,(H,18,23). The van der Waals surface area contributed by atoms with E-state index in [1.54, 1.807) is 11.0 Å². The zero-order chi connectivity index (χ0) is 15.6. The molecular weight excluding hydrogens is 292 g/mol. The molecule has 0 radical (unpaired) electrons. The van der Waals surface area contributed by atoms with Crippen molar-refractivity contribution in [3.05, 3.63) is 42.7 Å². The molecule has 1 saturated carbocycles. The Bertz CT molecular complexity index is 818. The monoisotopic (exact) mass is 310 g/mol. The third kappa shape index (κ3) is 2.94. The van der Waals surface area contributed by atoms with Crippen molar-refractivity contribution >= 4 is 16.9 Å². The fraction of sp³-hybridized carbons (Fsp3) is 0.375. The fourth-order valence-corrected chi connectivity index (χ4v) is 2.77. The van der Waals surface area contributed by atoms with Crippen LogP contribution in [0.3, 0.4) is 0 Å². The number of hydrogen-bond donors (Lipinski definition) is 1. The predicted octanol–water partition coefficient (Wildman–Crippen LogP) is 1.32. The van der Waals surface area contributed by atoms with Crippen LogP contribution in [0, 0.1) is 0 Å². The van der Waals surface area contributed by atoms with Gasteiger partial charge < -0.3 is 9.88 Å². The van der Waals surface area contributed by atoms with Crippen LogP contribution in [0.15, 0.2) is 36.9 Å². The highest BCUT2D eigenvalue weighted by Crippen LogP contribution is 2.40. The molecule has 7 heteroatoms. The lowest BCUT2D eigenvalue weighted by molar-refractivity contribution is -0.121. The van der Waals surface area contributed by atoms with Crippen molar-refractivity contribution < 1.29 is 4.79 Å². The molecule has 3 aromatic rings. The molecule has 1 aromatic carbocycles. The summed E-state index contributed by atoms with van der Waals surface area (Å²) in [7, 11) is 0. The number of imidazole rings is 1. The van der Waals surface area contributed by atoms with Gasteiger partial charge in [0.1, 0.15) is 25.0 Å². The lowest BCUT2D eigenvalue weighted by atomic mass is 10.3. The van der Waals surface area contributed by atoms with Crippen LogP contribution in [0.4, 0.5) is 0 Å². The third-order valence-corrected chi connectivity index (χ3v) is 4.06. The van der Waals surface area contributed by atoms with Crippen LogP contribution < -0.4 is 5.32 Å². The van der Waals surface area contributed by atoms with E-state index in [1.807, 2.05) is 24.3 Å². The molecule has 23 heavy (non-hydrogen) atoms. The van der Waals surface area contributed by atoms with Gasteiger partial charge in [0.2, 0.25) is 5.91 Å². The maximum atomic E-state index is 12.3. The minimum Gasteiger partial charge on any atom is -0.353 e. The smallest absolute Gasteiger partial charge is 0.240 e. The number of aromatic nitrogens is 5. The Morgan fingerprint density at radius 1 is 1.30 bits per heavy atom. The lowest BCUT2D eigenvalue weighted by Crippen LogP contribution is -2.31. The first-order valence-corrected chi connectivity index (χ1v) is 7.85. The summed E-state index contributed by atoms with van der Waals surface area (Å²) in [5.41, 5.74) is 1.99. The van der Waals surface area contributed by atoms with Crippen molar-refractivity contribution in [3.63, 3.8) is 0 Å². The molecule has 0 unspecified atom stereocenters. The average molecular weight is 310 g/mol. The first kappa shape index (κ1) is 13.9. The number of amides is 1. The van der Waals surface area contributed by atoms with Crippen molar-refractivity contribution in [2.75, 3.05) is 6.54 Å². The molecule has 4 rings (SSSR count). The van der Waals surface area contributed by atoms with E-state index >= 15 is 0 Å².